The summed E-state index contributed by atoms with van der Waals surface area (Å²) in [6.45, 7) is 7.82. The van der Waals surface area contributed by atoms with Crippen molar-refractivity contribution >= 4 is 11.3 Å². The number of likely N-dealkylation sites (tertiary alicyclic amines) is 1. The van der Waals surface area contributed by atoms with Gasteiger partial charge in [0.25, 0.3) is 0 Å². The van der Waals surface area contributed by atoms with Crippen molar-refractivity contribution in [3.8, 4) is 0 Å². The van der Waals surface area contributed by atoms with E-state index < -0.39 is 0 Å². The van der Waals surface area contributed by atoms with E-state index in [1.165, 1.54) is 29.0 Å². The third-order valence-electron chi connectivity index (χ3n) is 3.91. The fourth-order valence-electron chi connectivity index (χ4n) is 2.80. The lowest BCUT2D eigenvalue weighted by Crippen LogP contribution is -2.46. The van der Waals surface area contributed by atoms with E-state index in [0.717, 1.165) is 6.54 Å². The van der Waals surface area contributed by atoms with Crippen LogP contribution in [-0.4, -0.2) is 23.5 Å². The predicted molar refractivity (Wildman–Crippen MR) is 75.5 cm³/mol. The van der Waals surface area contributed by atoms with Crippen LogP contribution in [0.5, 0.6) is 0 Å². The first kappa shape index (κ1) is 13.1. The maximum atomic E-state index is 6.33. The monoisotopic (exact) mass is 252 g/mol. The fraction of sp³-hybridized carbons (Fsp3) is 0.714. The minimum atomic E-state index is 0.178. The van der Waals surface area contributed by atoms with Crippen molar-refractivity contribution < 1.29 is 0 Å². The largest absolute Gasteiger partial charge is 0.322 e. The Balaban J connectivity index is 1.99. The van der Waals surface area contributed by atoms with E-state index in [9.17, 15) is 0 Å². The summed E-state index contributed by atoms with van der Waals surface area (Å²) < 4.78 is 0. The van der Waals surface area contributed by atoms with Crippen LogP contribution in [0.4, 0.5) is 0 Å². The van der Waals surface area contributed by atoms with Gasteiger partial charge < -0.3 is 5.73 Å². The van der Waals surface area contributed by atoms with Gasteiger partial charge in [-0.3, -0.25) is 4.90 Å². The first-order chi connectivity index (χ1) is 8.08. The molecule has 1 saturated heterocycles. The molecule has 0 aromatic carbocycles. The quantitative estimate of drug-likeness (QED) is 0.894. The minimum Gasteiger partial charge on any atom is -0.322 e. The standard InChI is InChI=1S/C14H24N2S/c1-10-5-4-6-11(2)16(10)9-13(15)14-8-7-12(3)17-14/h7-8,10-11,13H,4-6,9,15H2,1-3H3. The number of hydrogen-bond donors (Lipinski definition) is 1. The molecule has 3 heteroatoms. The van der Waals surface area contributed by atoms with Gasteiger partial charge in [-0.15, -0.1) is 11.3 Å². The number of nitrogens with zero attached hydrogens (tertiary/aromatic N) is 1. The molecule has 0 bridgehead atoms. The van der Waals surface area contributed by atoms with E-state index >= 15 is 0 Å². The lowest BCUT2D eigenvalue weighted by atomic mass is 9.97. The molecule has 0 amide bonds. The Bertz CT molecular complexity index is 351. The molecule has 0 radical (unpaired) electrons. The molecule has 1 aliphatic rings. The van der Waals surface area contributed by atoms with Gasteiger partial charge in [-0.2, -0.15) is 0 Å². The number of hydrogen-bond acceptors (Lipinski definition) is 3. The highest BCUT2D eigenvalue weighted by Gasteiger charge is 2.26. The summed E-state index contributed by atoms with van der Waals surface area (Å²) in [5.74, 6) is 0. The van der Waals surface area contributed by atoms with Crippen LogP contribution in [0.15, 0.2) is 12.1 Å². The van der Waals surface area contributed by atoms with Crippen LogP contribution < -0.4 is 5.73 Å². The molecule has 2 heterocycles. The molecule has 1 aromatic rings. The maximum absolute atomic E-state index is 6.33. The Morgan fingerprint density at radius 1 is 1.35 bits per heavy atom. The van der Waals surface area contributed by atoms with E-state index in [1.54, 1.807) is 0 Å². The molecule has 3 atom stereocenters. The SMILES string of the molecule is Cc1ccc(C(N)CN2C(C)CCCC2C)s1. The zero-order valence-electron chi connectivity index (χ0n) is 11.1. The van der Waals surface area contributed by atoms with Crippen LogP contribution in [0.2, 0.25) is 0 Å². The van der Waals surface area contributed by atoms with Gasteiger partial charge in [0.15, 0.2) is 0 Å². The molecule has 2 nitrogen and oxygen atoms in total. The highest BCUT2D eigenvalue weighted by Crippen LogP contribution is 2.27. The van der Waals surface area contributed by atoms with E-state index in [0.29, 0.717) is 12.1 Å². The molecular weight excluding hydrogens is 228 g/mol. The van der Waals surface area contributed by atoms with Crippen molar-refractivity contribution in [3.05, 3.63) is 21.9 Å². The Morgan fingerprint density at radius 2 is 2.00 bits per heavy atom. The van der Waals surface area contributed by atoms with Gasteiger partial charge in [-0.25, -0.2) is 0 Å². The molecule has 96 valence electrons. The van der Waals surface area contributed by atoms with E-state index in [4.69, 9.17) is 5.73 Å². The Kier molecular flexibility index (Phi) is 4.23. The fourth-order valence-corrected chi connectivity index (χ4v) is 3.67. The molecule has 2 N–H and O–H groups in total. The van der Waals surface area contributed by atoms with Crippen molar-refractivity contribution in [3.63, 3.8) is 0 Å². The summed E-state index contributed by atoms with van der Waals surface area (Å²) in [6.07, 6.45) is 4.01. The summed E-state index contributed by atoms with van der Waals surface area (Å²) in [6, 6.07) is 5.90. The van der Waals surface area contributed by atoms with Crippen LogP contribution in [0.3, 0.4) is 0 Å². The summed E-state index contributed by atoms with van der Waals surface area (Å²) in [4.78, 5) is 5.27. The van der Waals surface area contributed by atoms with Gasteiger partial charge in [0, 0.05) is 28.4 Å². The number of nitrogens with two attached hydrogens (primary N) is 1. The second kappa shape index (κ2) is 5.51. The molecule has 3 unspecified atom stereocenters. The van der Waals surface area contributed by atoms with Gasteiger partial charge in [0.2, 0.25) is 0 Å². The number of piperidine rings is 1. The first-order valence-corrected chi connectivity index (χ1v) is 7.47. The first-order valence-electron chi connectivity index (χ1n) is 6.65. The smallest absolute Gasteiger partial charge is 0.0519 e. The summed E-state index contributed by atoms with van der Waals surface area (Å²) in [5.41, 5.74) is 6.33. The van der Waals surface area contributed by atoms with Crippen LogP contribution >= 0.6 is 11.3 Å². The highest BCUT2D eigenvalue weighted by atomic mass is 32.1. The van der Waals surface area contributed by atoms with Gasteiger partial charge in [-0.05, 0) is 45.7 Å². The summed E-state index contributed by atoms with van der Waals surface area (Å²) in [7, 11) is 0. The molecular formula is C14H24N2S. The molecule has 0 aliphatic carbocycles. The minimum absolute atomic E-state index is 0.178. The zero-order chi connectivity index (χ0) is 12.4. The maximum Gasteiger partial charge on any atom is 0.0519 e. The van der Waals surface area contributed by atoms with Gasteiger partial charge in [0.05, 0.1) is 6.04 Å². The predicted octanol–water partition coefficient (Wildman–Crippen LogP) is 3.32. The third-order valence-corrected chi connectivity index (χ3v) is 5.04. The second-order valence-corrected chi connectivity index (χ2v) is 6.70. The molecule has 0 spiro atoms. The number of rotatable bonds is 3. The number of thiophene rings is 1. The highest BCUT2D eigenvalue weighted by molar-refractivity contribution is 7.12. The third kappa shape index (κ3) is 3.09. The Labute approximate surface area is 109 Å². The van der Waals surface area contributed by atoms with Gasteiger partial charge >= 0.3 is 0 Å². The van der Waals surface area contributed by atoms with E-state index in [-0.39, 0.29) is 6.04 Å². The molecule has 0 saturated carbocycles. The lowest BCUT2D eigenvalue weighted by molar-refractivity contribution is 0.0965. The number of aryl methyl sites for hydroxylation is 1. The van der Waals surface area contributed by atoms with Crippen LogP contribution in [0.25, 0.3) is 0 Å². The van der Waals surface area contributed by atoms with Crippen LogP contribution in [0.1, 0.15) is 48.9 Å². The van der Waals surface area contributed by atoms with Crippen molar-refractivity contribution in [1.29, 1.82) is 0 Å². The topological polar surface area (TPSA) is 29.3 Å². The summed E-state index contributed by atoms with van der Waals surface area (Å²) in [5, 5.41) is 0. The second-order valence-electron chi connectivity index (χ2n) is 5.38. The van der Waals surface area contributed by atoms with Crippen LogP contribution in [-0.2, 0) is 0 Å². The zero-order valence-corrected chi connectivity index (χ0v) is 12.0. The molecule has 2 rings (SSSR count). The van der Waals surface area contributed by atoms with Crippen molar-refractivity contribution in [1.82, 2.24) is 4.90 Å². The Morgan fingerprint density at radius 3 is 2.53 bits per heavy atom. The van der Waals surface area contributed by atoms with E-state index in [2.05, 4.69) is 37.8 Å². The average Bonchev–Trinajstić information content (AvgIpc) is 2.70. The van der Waals surface area contributed by atoms with E-state index in [1.807, 2.05) is 11.3 Å². The molecule has 1 fully saturated rings. The lowest BCUT2D eigenvalue weighted by Gasteiger charge is -2.40. The van der Waals surface area contributed by atoms with Crippen molar-refractivity contribution in [2.24, 2.45) is 5.73 Å². The van der Waals surface area contributed by atoms with Gasteiger partial charge in [-0.1, -0.05) is 6.42 Å². The van der Waals surface area contributed by atoms with Crippen LogP contribution in [0, 0.1) is 6.92 Å². The molecule has 1 aliphatic heterocycles. The van der Waals surface area contributed by atoms with Gasteiger partial charge in [0.1, 0.15) is 0 Å². The molecule has 1 aromatic heterocycles. The van der Waals surface area contributed by atoms with Crippen molar-refractivity contribution in [2.75, 3.05) is 6.54 Å². The summed E-state index contributed by atoms with van der Waals surface area (Å²) >= 11 is 1.84. The Hall–Kier alpha value is -0.380. The molecule has 17 heavy (non-hydrogen) atoms. The van der Waals surface area contributed by atoms with Crippen molar-refractivity contribution in [2.45, 2.75) is 58.2 Å². The normalized spacial score (nSPS) is 28.2. The average molecular weight is 252 g/mol.